The summed E-state index contributed by atoms with van der Waals surface area (Å²) in [5.41, 5.74) is 2.19. The Kier molecular flexibility index (Phi) is 4.32. The van der Waals surface area contributed by atoms with Gasteiger partial charge in [0.25, 0.3) is 11.9 Å². The maximum absolute atomic E-state index is 12.4. The van der Waals surface area contributed by atoms with Crippen LogP contribution in [0.5, 0.6) is 5.75 Å². The van der Waals surface area contributed by atoms with Crippen LogP contribution in [0.2, 0.25) is 5.02 Å². The molecule has 0 radical (unpaired) electrons. The van der Waals surface area contributed by atoms with Gasteiger partial charge in [0.15, 0.2) is 0 Å². The van der Waals surface area contributed by atoms with Crippen molar-refractivity contribution in [2.45, 2.75) is 0 Å². The summed E-state index contributed by atoms with van der Waals surface area (Å²) in [4.78, 5) is 17.4. The van der Waals surface area contributed by atoms with E-state index in [1.165, 1.54) is 11.3 Å². The Labute approximate surface area is 158 Å². The number of methoxy groups -OCH3 is 1. The molecule has 8 heteroatoms. The molecule has 0 aliphatic carbocycles. The molecular weight excluding hydrogens is 372 g/mol. The smallest absolute Gasteiger partial charge is 0.259 e. The molecule has 0 spiro atoms. The SMILES string of the molecule is COc1cccc(-c2csc3nc(NC(=O)c4ccccc4Cl)nn23)c1. The normalized spacial score (nSPS) is 10.8. The molecule has 0 aliphatic rings. The standard InChI is InChI=1S/C18H13ClN4O2S/c1-25-12-6-4-5-11(9-12)15-10-26-18-21-17(22-23(15)18)20-16(24)13-7-2-3-8-14(13)19/h2-10H,1H3,(H,20,22,24). The Balaban J connectivity index is 1.66. The van der Waals surface area contributed by atoms with Crippen molar-refractivity contribution in [1.82, 2.24) is 14.6 Å². The second-order valence-corrected chi connectivity index (χ2v) is 6.66. The second kappa shape index (κ2) is 6.78. The van der Waals surface area contributed by atoms with Crippen molar-refractivity contribution < 1.29 is 9.53 Å². The molecule has 2 aromatic heterocycles. The van der Waals surface area contributed by atoms with Crippen LogP contribution >= 0.6 is 22.9 Å². The maximum atomic E-state index is 12.4. The molecule has 2 aromatic carbocycles. The van der Waals surface area contributed by atoms with Gasteiger partial charge in [-0.2, -0.15) is 4.98 Å². The van der Waals surface area contributed by atoms with Gasteiger partial charge >= 0.3 is 0 Å². The van der Waals surface area contributed by atoms with E-state index in [1.54, 1.807) is 35.9 Å². The van der Waals surface area contributed by atoms with E-state index in [2.05, 4.69) is 15.4 Å². The molecule has 1 N–H and O–H groups in total. The Morgan fingerprint density at radius 2 is 2.08 bits per heavy atom. The van der Waals surface area contributed by atoms with Gasteiger partial charge in [-0.3, -0.25) is 10.1 Å². The average Bonchev–Trinajstić information content (AvgIpc) is 3.22. The van der Waals surface area contributed by atoms with Crippen LogP contribution in [0.25, 0.3) is 16.2 Å². The number of halogens is 1. The molecule has 0 unspecified atom stereocenters. The Morgan fingerprint density at radius 1 is 1.23 bits per heavy atom. The fraction of sp³-hybridized carbons (Fsp3) is 0.0556. The highest BCUT2D eigenvalue weighted by atomic mass is 35.5. The van der Waals surface area contributed by atoms with Crippen LogP contribution < -0.4 is 10.1 Å². The van der Waals surface area contributed by atoms with E-state index < -0.39 is 0 Å². The minimum absolute atomic E-state index is 0.228. The van der Waals surface area contributed by atoms with Gasteiger partial charge in [0, 0.05) is 10.9 Å². The lowest BCUT2D eigenvalue weighted by molar-refractivity contribution is 0.102. The van der Waals surface area contributed by atoms with Crippen molar-refractivity contribution in [3.63, 3.8) is 0 Å². The van der Waals surface area contributed by atoms with Gasteiger partial charge in [-0.05, 0) is 24.3 Å². The quantitative estimate of drug-likeness (QED) is 0.567. The van der Waals surface area contributed by atoms with Gasteiger partial charge in [-0.15, -0.1) is 16.4 Å². The summed E-state index contributed by atoms with van der Waals surface area (Å²) in [5.74, 6) is 0.636. The maximum Gasteiger partial charge on any atom is 0.259 e. The zero-order valence-corrected chi connectivity index (χ0v) is 15.2. The predicted molar refractivity (Wildman–Crippen MR) is 102 cm³/mol. The third kappa shape index (κ3) is 3.02. The number of thiazole rings is 1. The second-order valence-electron chi connectivity index (χ2n) is 5.42. The number of anilines is 1. The third-order valence-corrected chi connectivity index (χ3v) is 4.94. The van der Waals surface area contributed by atoms with Crippen molar-refractivity contribution in [2.75, 3.05) is 12.4 Å². The number of hydrogen-bond donors (Lipinski definition) is 1. The van der Waals surface area contributed by atoms with Crippen LogP contribution in [0.4, 0.5) is 5.95 Å². The van der Waals surface area contributed by atoms with Crippen LogP contribution in [-0.4, -0.2) is 27.6 Å². The summed E-state index contributed by atoms with van der Waals surface area (Å²) >= 11 is 7.50. The van der Waals surface area contributed by atoms with E-state index in [1.807, 2.05) is 29.6 Å². The first-order valence-electron chi connectivity index (χ1n) is 7.70. The lowest BCUT2D eigenvalue weighted by atomic mass is 10.2. The molecule has 4 aromatic rings. The van der Waals surface area contributed by atoms with Gasteiger partial charge in [0.05, 0.1) is 23.4 Å². The number of benzene rings is 2. The van der Waals surface area contributed by atoms with Gasteiger partial charge < -0.3 is 4.74 Å². The summed E-state index contributed by atoms with van der Waals surface area (Å²) in [7, 11) is 1.63. The van der Waals surface area contributed by atoms with E-state index in [9.17, 15) is 4.79 Å². The Morgan fingerprint density at radius 3 is 2.88 bits per heavy atom. The van der Waals surface area contributed by atoms with Gasteiger partial charge in [-0.1, -0.05) is 35.9 Å². The van der Waals surface area contributed by atoms with Gasteiger partial charge in [-0.25, -0.2) is 4.52 Å². The van der Waals surface area contributed by atoms with E-state index in [-0.39, 0.29) is 11.9 Å². The van der Waals surface area contributed by atoms with E-state index >= 15 is 0 Å². The summed E-state index contributed by atoms with van der Waals surface area (Å²) in [5, 5.41) is 9.43. The molecule has 26 heavy (non-hydrogen) atoms. The van der Waals surface area contributed by atoms with E-state index in [0.29, 0.717) is 15.5 Å². The fourth-order valence-electron chi connectivity index (χ4n) is 2.53. The fourth-order valence-corrected chi connectivity index (χ4v) is 3.58. The molecule has 2 heterocycles. The molecule has 0 atom stereocenters. The first-order chi connectivity index (χ1) is 12.7. The molecule has 6 nitrogen and oxygen atoms in total. The largest absolute Gasteiger partial charge is 0.497 e. The number of nitrogens with zero attached hydrogens (tertiary/aromatic N) is 3. The minimum atomic E-state index is -0.350. The minimum Gasteiger partial charge on any atom is -0.497 e. The molecule has 0 bridgehead atoms. The summed E-state index contributed by atoms with van der Waals surface area (Å²) in [6, 6.07) is 14.5. The zero-order chi connectivity index (χ0) is 18.1. The van der Waals surface area contributed by atoms with E-state index in [4.69, 9.17) is 16.3 Å². The molecule has 0 saturated heterocycles. The van der Waals surface area contributed by atoms with Crippen molar-refractivity contribution in [3.05, 3.63) is 64.5 Å². The topological polar surface area (TPSA) is 68.5 Å². The summed E-state index contributed by atoms with van der Waals surface area (Å²) in [6.45, 7) is 0. The van der Waals surface area contributed by atoms with Crippen LogP contribution in [-0.2, 0) is 0 Å². The Hall–Kier alpha value is -2.90. The number of fused-ring (bicyclic) bond motifs is 1. The molecule has 0 saturated carbocycles. The first kappa shape index (κ1) is 16.6. The average molecular weight is 385 g/mol. The van der Waals surface area contributed by atoms with E-state index in [0.717, 1.165) is 17.0 Å². The number of ether oxygens (including phenoxy) is 1. The summed E-state index contributed by atoms with van der Waals surface area (Å²) in [6.07, 6.45) is 0. The molecule has 130 valence electrons. The monoisotopic (exact) mass is 384 g/mol. The molecule has 0 aliphatic heterocycles. The van der Waals surface area contributed by atoms with Crippen LogP contribution in [0.3, 0.4) is 0 Å². The number of carbonyl (C=O) groups is 1. The lowest BCUT2D eigenvalue weighted by Gasteiger charge is -2.03. The highest BCUT2D eigenvalue weighted by Gasteiger charge is 2.16. The number of hydrogen-bond acceptors (Lipinski definition) is 5. The lowest BCUT2D eigenvalue weighted by Crippen LogP contribution is -2.13. The molecule has 1 amide bonds. The highest BCUT2D eigenvalue weighted by molar-refractivity contribution is 7.15. The Bertz CT molecular complexity index is 1110. The van der Waals surface area contributed by atoms with Crippen molar-refractivity contribution >= 4 is 39.8 Å². The van der Waals surface area contributed by atoms with Crippen LogP contribution in [0.15, 0.2) is 53.9 Å². The predicted octanol–water partition coefficient (Wildman–Crippen LogP) is 4.37. The number of carbonyl (C=O) groups excluding carboxylic acids is 1. The van der Waals surface area contributed by atoms with Gasteiger partial charge in [0.2, 0.25) is 4.96 Å². The number of aromatic nitrogens is 3. The molecule has 0 fully saturated rings. The van der Waals surface area contributed by atoms with Gasteiger partial charge in [0.1, 0.15) is 5.75 Å². The van der Waals surface area contributed by atoms with Crippen molar-refractivity contribution in [3.8, 4) is 17.0 Å². The number of nitrogens with one attached hydrogen (secondary N) is 1. The highest BCUT2D eigenvalue weighted by Crippen LogP contribution is 2.28. The zero-order valence-electron chi connectivity index (χ0n) is 13.6. The van der Waals surface area contributed by atoms with Crippen LogP contribution in [0, 0.1) is 0 Å². The first-order valence-corrected chi connectivity index (χ1v) is 8.96. The summed E-state index contributed by atoms with van der Waals surface area (Å²) < 4.78 is 6.97. The number of amides is 1. The molecular formula is C18H13ClN4O2S. The van der Waals surface area contributed by atoms with Crippen LogP contribution in [0.1, 0.15) is 10.4 Å². The molecule has 4 rings (SSSR count). The van der Waals surface area contributed by atoms with Crippen molar-refractivity contribution in [2.24, 2.45) is 0 Å². The van der Waals surface area contributed by atoms with Crippen molar-refractivity contribution in [1.29, 1.82) is 0 Å². The number of rotatable bonds is 4. The third-order valence-electron chi connectivity index (χ3n) is 3.79.